The van der Waals surface area contributed by atoms with E-state index in [2.05, 4.69) is 20.2 Å². The fraction of sp³-hybridized carbons (Fsp3) is 0.773. The van der Waals surface area contributed by atoms with Gasteiger partial charge in [-0.15, -0.1) is 0 Å². The van der Waals surface area contributed by atoms with Gasteiger partial charge in [0.25, 0.3) is 5.91 Å². The zero-order valence-electron chi connectivity index (χ0n) is 18.3. The second kappa shape index (κ2) is 9.47. The van der Waals surface area contributed by atoms with E-state index < -0.39 is 0 Å². The van der Waals surface area contributed by atoms with Crippen LogP contribution in [0.25, 0.3) is 0 Å². The summed E-state index contributed by atoms with van der Waals surface area (Å²) in [5.74, 6) is 0.549. The van der Waals surface area contributed by atoms with Gasteiger partial charge in [-0.3, -0.25) is 19.2 Å². The second-order valence-corrected chi connectivity index (χ2v) is 8.99. The molecule has 0 radical (unpaired) electrons. The van der Waals surface area contributed by atoms with Crippen LogP contribution in [-0.4, -0.2) is 82.9 Å². The van der Waals surface area contributed by atoms with E-state index in [-0.39, 0.29) is 11.8 Å². The lowest BCUT2D eigenvalue weighted by molar-refractivity contribution is -0.135. The number of piperidine rings is 1. The van der Waals surface area contributed by atoms with Crippen LogP contribution in [0.5, 0.6) is 0 Å². The molecule has 0 spiro atoms. The standard InChI is InChI=1S/C22H35N5O3/c1-16-14-20(25(2)24-16)21(28)23-9-11-27(18-7-12-30-13-8-18)19-4-3-10-26(15-19)22(29)17-5-6-17/h14,17-19H,3-13,15H2,1-2H3,(H,23,28). The number of hydrogen-bond donors (Lipinski definition) is 1. The monoisotopic (exact) mass is 417 g/mol. The number of amides is 2. The first kappa shape index (κ1) is 21.3. The van der Waals surface area contributed by atoms with Gasteiger partial charge in [-0.1, -0.05) is 0 Å². The van der Waals surface area contributed by atoms with E-state index in [1.54, 1.807) is 11.7 Å². The van der Waals surface area contributed by atoms with Crippen LogP contribution >= 0.6 is 0 Å². The van der Waals surface area contributed by atoms with Crippen molar-refractivity contribution in [3.05, 3.63) is 17.5 Å². The highest BCUT2D eigenvalue weighted by atomic mass is 16.5. The van der Waals surface area contributed by atoms with Crippen molar-refractivity contribution in [2.75, 3.05) is 39.4 Å². The van der Waals surface area contributed by atoms with Crippen molar-refractivity contribution in [3.8, 4) is 0 Å². The predicted octanol–water partition coefficient (Wildman–Crippen LogP) is 1.34. The van der Waals surface area contributed by atoms with Crippen molar-refractivity contribution in [2.24, 2.45) is 13.0 Å². The highest BCUT2D eigenvalue weighted by Crippen LogP contribution is 2.32. The molecule has 1 saturated carbocycles. The van der Waals surface area contributed by atoms with Crippen molar-refractivity contribution >= 4 is 11.8 Å². The fourth-order valence-electron chi connectivity index (χ4n) is 4.91. The fourth-order valence-corrected chi connectivity index (χ4v) is 4.91. The number of aryl methyl sites for hydroxylation is 2. The maximum Gasteiger partial charge on any atom is 0.269 e. The smallest absolute Gasteiger partial charge is 0.269 e. The molecular weight excluding hydrogens is 382 g/mol. The summed E-state index contributed by atoms with van der Waals surface area (Å²) in [6.45, 7) is 6.57. The van der Waals surface area contributed by atoms with E-state index in [0.717, 1.165) is 77.1 Å². The molecule has 8 heteroatoms. The molecular formula is C22H35N5O3. The van der Waals surface area contributed by atoms with E-state index in [1.165, 1.54) is 0 Å². The Morgan fingerprint density at radius 3 is 2.63 bits per heavy atom. The lowest BCUT2D eigenvalue weighted by Crippen LogP contribution is -2.55. The van der Waals surface area contributed by atoms with Crippen molar-refractivity contribution in [1.82, 2.24) is 24.9 Å². The summed E-state index contributed by atoms with van der Waals surface area (Å²) in [4.78, 5) is 29.8. The van der Waals surface area contributed by atoms with E-state index >= 15 is 0 Å². The van der Waals surface area contributed by atoms with Gasteiger partial charge in [-0.05, 0) is 51.5 Å². The van der Waals surface area contributed by atoms with Crippen LogP contribution in [0.1, 0.15) is 54.7 Å². The van der Waals surface area contributed by atoms with Gasteiger partial charge in [0.15, 0.2) is 0 Å². The van der Waals surface area contributed by atoms with Crippen molar-refractivity contribution < 1.29 is 14.3 Å². The van der Waals surface area contributed by atoms with Crippen LogP contribution in [0.3, 0.4) is 0 Å². The normalized spacial score (nSPS) is 23.0. The SMILES string of the molecule is Cc1cc(C(=O)NCCN(C2CCOCC2)C2CCCN(C(=O)C3CC3)C2)n(C)n1. The Morgan fingerprint density at radius 1 is 1.20 bits per heavy atom. The van der Waals surface area contributed by atoms with Gasteiger partial charge >= 0.3 is 0 Å². The van der Waals surface area contributed by atoms with Crippen molar-refractivity contribution in [1.29, 1.82) is 0 Å². The largest absolute Gasteiger partial charge is 0.381 e. The van der Waals surface area contributed by atoms with E-state index in [9.17, 15) is 9.59 Å². The molecule has 166 valence electrons. The molecule has 4 rings (SSSR count). The number of hydrogen-bond acceptors (Lipinski definition) is 5. The topological polar surface area (TPSA) is 79.7 Å². The molecule has 2 aliphatic heterocycles. The molecule has 1 unspecified atom stereocenters. The average Bonchev–Trinajstić information content (AvgIpc) is 3.55. The van der Waals surface area contributed by atoms with Gasteiger partial charge in [0, 0.05) is 64.4 Å². The predicted molar refractivity (Wildman–Crippen MR) is 113 cm³/mol. The Bertz CT molecular complexity index is 754. The van der Waals surface area contributed by atoms with Crippen LogP contribution < -0.4 is 5.32 Å². The molecule has 3 heterocycles. The quantitative estimate of drug-likeness (QED) is 0.724. The van der Waals surface area contributed by atoms with E-state index in [4.69, 9.17) is 4.74 Å². The van der Waals surface area contributed by atoms with Gasteiger partial charge in [0.05, 0.1) is 5.69 Å². The maximum absolute atomic E-state index is 12.6. The third-order valence-corrected chi connectivity index (χ3v) is 6.65. The minimum absolute atomic E-state index is 0.0841. The molecule has 3 fully saturated rings. The van der Waals surface area contributed by atoms with Crippen LogP contribution in [-0.2, 0) is 16.6 Å². The van der Waals surface area contributed by atoms with E-state index in [0.29, 0.717) is 30.2 Å². The lowest BCUT2D eigenvalue weighted by Gasteiger charge is -2.44. The highest BCUT2D eigenvalue weighted by molar-refractivity contribution is 5.92. The third-order valence-electron chi connectivity index (χ3n) is 6.65. The molecule has 0 aromatic carbocycles. The molecule has 1 atom stereocenters. The Morgan fingerprint density at radius 2 is 1.97 bits per heavy atom. The Kier molecular flexibility index (Phi) is 6.73. The van der Waals surface area contributed by atoms with Crippen LogP contribution in [0.15, 0.2) is 6.07 Å². The zero-order valence-corrected chi connectivity index (χ0v) is 18.3. The first-order valence-electron chi connectivity index (χ1n) is 11.4. The highest BCUT2D eigenvalue weighted by Gasteiger charge is 2.37. The first-order chi connectivity index (χ1) is 14.5. The molecule has 1 N–H and O–H groups in total. The number of carbonyl (C=O) groups is 2. The number of likely N-dealkylation sites (tertiary alicyclic amines) is 1. The molecule has 0 bridgehead atoms. The molecule has 1 aliphatic carbocycles. The summed E-state index contributed by atoms with van der Waals surface area (Å²) in [5, 5.41) is 7.33. The van der Waals surface area contributed by atoms with Crippen molar-refractivity contribution in [3.63, 3.8) is 0 Å². The van der Waals surface area contributed by atoms with E-state index in [1.807, 2.05) is 13.0 Å². The number of nitrogens with zero attached hydrogens (tertiary/aromatic N) is 4. The van der Waals surface area contributed by atoms with Crippen LogP contribution in [0.4, 0.5) is 0 Å². The summed E-state index contributed by atoms with van der Waals surface area (Å²) in [6, 6.07) is 2.63. The molecule has 8 nitrogen and oxygen atoms in total. The van der Waals surface area contributed by atoms with Gasteiger partial charge in [0.2, 0.25) is 5.91 Å². The van der Waals surface area contributed by atoms with Crippen LogP contribution in [0, 0.1) is 12.8 Å². The summed E-state index contributed by atoms with van der Waals surface area (Å²) in [5.41, 5.74) is 1.43. The molecule has 30 heavy (non-hydrogen) atoms. The van der Waals surface area contributed by atoms with Crippen LogP contribution in [0.2, 0.25) is 0 Å². The third kappa shape index (κ3) is 5.03. The lowest BCUT2D eigenvalue weighted by atomic mass is 9.98. The molecule has 1 aromatic heterocycles. The molecule has 3 aliphatic rings. The minimum Gasteiger partial charge on any atom is -0.381 e. The minimum atomic E-state index is -0.0841. The Hall–Kier alpha value is -1.93. The molecule has 2 amide bonds. The van der Waals surface area contributed by atoms with Gasteiger partial charge in [-0.2, -0.15) is 5.10 Å². The van der Waals surface area contributed by atoms with Gasteiger partial charge < -0.3 is 15.0 Å². The van der Waals surface area contributed by atoms with Gasteiger partial charge in [0.1, 0.15) is 5.69 Å². The molecule has 1 aromatic rings. The maximum atomic E-state index is 12.6. The summed E-state index contributed by atoms with van der Waals surface area (Å²) < 4.78 is 7.21. The summed E-state index contributed by atoms with van der Waals surface area (Å²) in [6.07, 6.45) is 6.32. The zero-order chi connectivity index (χ0) is 21.1. The second-order valence-electron chi connectivity index (χ2n) is 8.99. The van der Waals surface area contributed by atoms with Crippen molar-refractivity contribution in [2.45, 2.75) is 57.5 Å². The first-order valence-corrected chi connectivity index (χ1v) is 11.4. The summed E-state index contributed by atoms with van der Waals surface area (Å²) >= 11 is 0. The number of rotatable bonds is 7. The molecule has 2 saturated heterocycles. The number of aromatic nitrogens is 2. The number of nitrogens with one attached hydrogen (secondary N) is 1. The number of ether oxygens (including phenoxy) is 1. The Labute approximate surface area is 178 Å². The van der Waals surface area contributed by atoms with Gasteiger partial charge in [-0.25, -0.2) is 0 Å². The number of carbonyl (C=O) groups excluding carboxylic acids is 2. The average molecular weight is 418 g/mol. The summed E-state index contributed by atoms with van der Waals surface area (Å²) in [7, 11) is 1.80. The Balaban J connectivity index is 1.37.